The molecule has 0 aliphatic carbocycles. The summed E-state index contributed by atoms with van der Waals surface area (Å²) in [5.41, 5.74) is 4.29. The van der Waals surface area contributed by atoms with Gasteiger partial charge >= 0.3 is 0 Å². The van der Waals surface area contributed by atoms with Crippen molar-refractivity contribution in [2.75, 3.05) is 78.8 Å². The van der Waals surface area contributed by atoms with Gasteiger partial charge in [0, 0.05) is 88.9 Å². The lowest BCUT2D eigenvalue weighted by Gasteiger charge is -2.37. The molecule has 16 nitrogen and oxygen atoms in total. The van der Waals surface area contributed by atoms with Crippen LogP contribution in [0.1, 0.15) is 111 Å². The molecular weight excluding hydrogens is 1050 g/mol. The highest BCUT2D eigenvalue weighted by atomic mass is 19.1. The number of rotatable bonds is 25. The van der Waals surface area contributed by atoms with E-state index in [1.807, 2.05) is 47.9 Å². The second kappa shape index (κ2) is 30.1. The number of likely N-dealkylation sites (tertiary alicyclic amines) is 2. The monoisotopic (exact) mass is 1130 g/mol. The zero-order chi connectivity index (χ0) is 58.1. The third-order valence-electron chi connectivity index (χ3n) is 16.9. The molecule has 6 atom stereocenters. The fourth-order valence-electron chi connectivity index (χ4n) is 12.1. The molecule has 442 valence electrons. The van der Waals surface area contributed by atoms with E-state index in [-0.39, 0.29) is 84.1 Å². The van der Waals surface area contributed by atoms with Gasteiger partial charge in [-0.25, -0.2) is 8.78 Å². The van der Waals surface area contributed by atoms with Crippen LogP contribution in [0.25, 0.3) is 11.1 Å². The van der Waals surface area contributed by atoms with Crippen molar-refractivity contribution < 1.29 is 47.0 Å². The van der Waals surface area contributed by atoms with Crippen molar-refractivity contribution in [1.29, 1.82) is 0 Å². The molecule has 0 saturated carbocycles. The number of hydrogen-bond acceptors (Lipinski definition) is 10. The second-order valence-corrected chi connectivity index (χ2v) is 22.5. The Kier molecular flexibility index (Phi) is 22.6. The zero-order valence-electron chi connectivity index (χ0n) is 48.2. The topological polar surface area (TPSA) is 182 Å². The fraction of sp³-hybridized carbons (Fsp3) is 0.531. The Morgan fingerprint density at radius 3 is 1.22 bits per heavy atom. The number of carbonyl (C=O) groups is 6. The molecule has 4 aromatic carbocycles. The molecule has 4 aliphatic rings. The molecule has 82 heavy (non-hydrogen) atoms. The predicted molar refractivity (Wildman–Crippen MR) is 311 cm³/mol. The number of hydrogen-bond donors (Lipinski definition) is 4. The normalized spacial score (nSPS) is 19.2. The first-order valence-corrected chi connectivity index (χ1v) is 29.8. The van der Waals surface area contributed by atoms with E-state index in [0.29, 0.717) is 128 Å². The molecule has 6 amide bonds. The molecule has 4 aliphatic heterocycles. The summed E-state index contributed by atoms with van der Waals surface area (Å²) in [6, 6.07) is 24.1. The summed E-state index contributed by atoms with van der Waals surface area (Å²) in [5.74, 6) is -2.06. The molecule has 0 bridgehead atoms. The van der Waals surface area contributed by atoms with Gasteiger partial charge in [0.2, 0.25) is 23.6 Å². The lowest BCUT2D eigenvalue weighted by molar-refractivity contribution is -0.140. The Balaban J connectivity index is 0.978. The molecule has 8 rings (SSSR count). The SMILES string of the molecule is CCN[C@@H](C)C(=O)N[C@H](C(=O)N1CCC[C@H]1CN(CCc1ccc(F)cc1)C(=O)c1ccc(-c2ccc(C(=O)N(CCc3ccc(F)cc3)C[C@@H]3CCCN3C(=O)[C@@H](NC(=O)[C@H](C)NCC)C3CCOCC3)cc2)cc1)C1CCOCC1. The maximum atomic E-state index is 14.7. The van der Waals surface area contributed by atoms with Gasteiger partial charge in [0.25, 0.3) is 11.8 Å². The summed E-state index contributed by atoms with van der Waals surface area (Å²) >= 11 is 0. The van der Waals surface area contributed by atoms with Crippen molar-refractivity contribution in [1.82, 2.24) is 40.9 Å². The molecule has 4 heterocycles. The minimum atomic E-state index is -0.728. The van der Waals surface area contributed by atoms with Crippen LogP contribution in [-0.4, -0.2) is 170 Å². The maximum absolute atomic E-state index is 14.7. The van der Waals surface area contributed by atoms with Crippen molar-refractivity contribution in [3.8, 4) is 11.1 Å². The van der Waals surface area contributed by atoms with Gasteiger partial charge in [0.05, 0.1) is 12.1 Å². The highest BCUT2D eigenvalue weighted by molar-refractivity contribution is 5.96. The molecule has 0 unspecified atom stereocenters. The van der Waals surface area contributed by atoms with Crippen molar-refractivity contribution in [2.45, 2.75) is 128 Å². The van der Waals surface area contributed by atoms with E-state index in [0.717, 1.165) is 35.1 Å². The Labute approximate surface area is 482 Å². The lowest BCUT2D eigenvalue weighted by Crippen LogP contribution is -2.58. The maximum Gasteiger partial charge on any atom is 0.253 e. The second-order valence-electron chi connectivity index (χ2n) is 22.5. The highest BCUT2D eigenvalue weighted by Crippen LogP contribution is 2.29. The third kappa shape index (κ3) is 16.4. The standard InChI is InChI=1S/C64H84F2N8O8/c1-5-67-43(3)59(75)69-57(49-29-37-81-38-30-49)63(79)73-33-7-9-55(73)41-71(35-27-45-11-23-53(65)24-12-45)61(77)51-19-15-47(16-20-51)48-17-21-52(22-18-48)62(78)72(36-28-46-13-25-54(66)26-14-46)42-56-10-8-34-74(56)64(80)58(50-31-39-82-40-32-50)70-60(76)44(4)68-6-2/h11-26,43-44,49-50,55-58,67-68H,5-10,27-42H2,1-4H3,(H,69,75)(H,70,76)/t43-,44-,55-,56-,57-,58-/m0/s1. The van der Waals surface area contributed by atoms with E-state index in [1.165, 1.54) is 24.3 Å². The van der Waals surface area contributed by atoms with Crippen LogP contribution in [0.5, 0.6) is 0 Å². The van der Waals surface area contributed by atoms with E-state index in [9.17, 15) is 37.5 Å². The first kappa shape index (κ1) is 61.5. The Morgan fingerprint density at radius 2 is 0.878 bits per heavy atom. The van der Waals surface area contributed by atoms with Gasteiger partial charge in [0.1, 0.15) is 23.7 Å². The van der Waals surface area contributed by atoms with Gasteiger partial charge in [-0.3, -0.25) is 28.8 Å². The summed E-state index contributed by atoms with van der Waals surface area (Å²) in [5, 5.41) is 12.5. The smallest absolute Gasteiger partial charge is 0.253 e. The number of carbonyl (C=O) groups excluding carboxylic acids is 6. The molecule has 4 saturated heterocycles. The van der Waals surface area contributed by atoms with Crippen LogP contribution < -0.4 is 21.3 Å². The van der Waals surface area contributed by atoms with Crippen LogP contribution >= 0.6 is 0 Å². The number of halogens is 2. The molecule has 4 fully saturated rings. The van der Waals surface area contributed by atoms with Crippen LogP contribution in [0.4, 0.5) is 8.78 Å². The number of nitrogens with zero attached hydrogens (tertiary/aromatic N) is 4. The number of ether oxygens (including phenoxy) is 2. The van der Waals surface area contributed by atoms with Crippen molar-refractivity contribution in [2.24, 2.45) is 11.8 Å². The molecule has 18 heteroatoms. The lowest BCUT2D eigenvalue weighted by atomic mass is 9.90. The first-order chi connectivity index (χ1) is 39.7. The van der Waals surface area contributed by atoms with E-state index in [2.05, 4.69) is 21.3 Å². The van der Waals surface area contributed by atoms with Crippen molar-refractivity contribution >= 4 is 35.4 Å². The van der Waals surface area contributed by atoms with Gasteiger partial charge in [-0.2, -0.15) is 0 Å². The molecule has 0 aromatic heterocycles. The fourth-order valence-corrected chi connectivity index (χ4v) is 12.1. The van der Waals surface area contributed by atoms with Crippen LogP contribution in [0, 0.1) is 23.5 Å². The summed E-state index contributed by atoms with van der Waals surface area (Å²) < 4.78 is 39.2. The summed E-state index contributed by atoms with van der Waals surface area (Å²) in [6.45, 7) is 12.9. The molecule has 4 N–H and O–H groups in total. The average molecular weight is 1130 g/mol. The van der Waals surface area contributed by atoms with Crippen LogP contribution in [-0.2, 0) is 41.5 Å². The Morgan fingerprint density at radius 1 is 0.524 bits per heavy atom. The van der Waals surface area contributed by atoms with Crippen LogP contribution in [0.3, 0.4) is 0 Å². The quantitative estimate of drug-likeness (QED) is 0.0551. The minimum absolute atomic E-state index is 0.0893. The number of amides is 6. The van der Waals surface area contributed by atoms with Gasteiger partial charge in [-0.15, -0.1) is 0 Å². The van der Waals surface area contributed by atoms with Crippen LogP contribution in [0.15, 0.2) is 97.1 Å². The van der Waals surface area contributed by atoms with E-state index in [4.69, 9.17) is 9.47 Å². The van der Waals surface area contributed by atoms with E-state index >= 15 is 0 Å². The van der Waals surface area contributed by atoms with Crippen LogP contribution in [0.2, 0.25) is 0 Å². The van der Waals surface area contributed by atoms with E-state index < -0.39 is 24.2 Å². The summed E-state index contributed by atoms with van der Waals surface area (Å²) in [7, 11) is 0. The average Bonchev–Trinajstić information content (AvgIpc) is 4.27. The first-order valence-electron chi connectivity index (χ1n) is 29.8. The molecular formula is C64H84F2N8O8. The summed E-state index contributed by atoms with van der Waals surface area (Å²) in [4.78, 5) is 92.7. The Bertz CT molecular complexity index is 2550. The van der Waals surface area contributed by atoms with E-state index in [1.54, 1.807) is 72.2 Å². The van der Waals surface area contributed by atoms with Gasteiger partial charge in [-0.1, -0.05) is 62.4 Å². The summed E-state index contributed by atoms with van der Waals surface area (Å²) in [6.07, 6.45) is 6.39. The third-order valence-corrected chi connectivity index (χ3v) is 16.9. The highest BCUT2D eigenvalue weighted by Gasteiger charge is 2.42. The molecule has 0 spiro atoms. The predicted octanol–water partition coefficient (Wildman–Crippen LogP) is 6.80. The largest absolute Gasteiger partial charge is 0.381 e. The van der Waals surface area contributed by atoms with Gasteiger partial charge in [0.15, 0.2) is 0 Å². The van der Waals surface area contributed by atoms with Crippen molar-refractivity contribution in [3.05, 3.63) is 131 Å². The zero-order valence-corrected chi connectivity index (χ0v) is 48.2. The van der Waals surface area contributed by atoms with Crippen molar-refractivity contribution in [3.63, 3.8) is 0 Å². The number of nitrogens with one attached hydrogen (secondary N) is 4. The Hall–Kier alpha value is -6.60. The molecule has 0 radical (unpaired) electrons. The molecule has 4 aromatic rings. The van der Waals surface area contributed by atoms with Gasteiger partial charge < -0.3 is 50.3 Å². The van der Waals surface area contributed by atoms with Gasteiger partial charge in [-0.05, 0) is 174 Å². The number of likely N-dealkylation sites (N-methyl/N-ethyl adjacent to an activating group) is 2. The minimum Gasteiger partial charge on any atom is -0.381 e. The number of benzene rings is 4.